The number of benzene rings is 1. The van der Waals surface area contributed by atoms with E-state index in [2.05, 4.69) is 5.32 Å². The molecule has 0 spiro atoms. The first-order chi connectivity index (χ1) is 8.72. The van der Waals surface area contributed by atoms with E-state index in [0.29, 0.717) is 6.54 Å². The lowest BCUT2D eigenvalue weighted by atomic mass is 10.2. The second kappa shape index (κ2) is 5.84. The van der Waals surface area contributed by atoms with E-state index in [0.717, 1.165) is 24.3 Å². The largest absolute Gasteiger partial charge is 0.497 e. The minimum Gasteiger partial charge on any atom is -0.497 e. The number of amides is 1. The molecule has 1 aliphatic rings. The molecule has 18 heavy (non-hydrogen) atoms. The van der Waals surface area contributed by atoms with Gasteiger partial charge in [-0.1, -0.05) is 0 Å². The average Bonchev–Trinajstić information content (AvgIpc) is 2.88. The number of hydrogen-bond acceptors (Lipinski definition) is 4. The Labute approximate surface area is 106 Å². The van der Waals surface area contributed by atoms with Crippen LogP contribution < -0.4 is 15.8 Å². The second-order valence-corrected chi connectivity index (χ2v) is 4.28. The molecular formula is C13H18N2O3. The van der Waals surface area contributed by atoms with Gasteiger partial charge in [0.15, 0.2) is 0 Å². The first kappa shape index (κ1) is 12.9. The van der Waals surface area contributed by atoms with Crippen molar-refractivity contribution in [3.05, 3.63) is 24.3 Å². The van der Waals surface area contributed by atoms with Gasteiger partial charge in [-0.05, 0) is 37.1 Å². The summed E-state index contributed by atoms with van der Waals surface area (Å²) < 4.78 is 10.6. The quantitative estimate of drug-likeness (QED) is 0.840. The lowest BCUT2D eigenvalue weighted by molar-refractivity contribution is -0.126. The van der Waals surface area contributed by atoms with Crippen molar-refractivity contribution in [1.82, 2.24) is 0 Å². The van der Waals surface area contributed by atoms with Gasteiger partial charge < -0.3 is 20.5 Å². The Kier molecular flexibility index (Phi) is 4.17. The Morgan fingerprint density at radius 2 is 2.17 bits per heavy atom. The molecule has 1 fully saturated rings. The monoisotopic (exact) mass is 250 g/mol. The molecule has 0 aliphatic carbocycles. The predicted molar refractivity (Wildman–Crippen MR) is 68.6 cm³/mol. The van der Waals surface area contributed by atoms with Crippen LogP contribution in [0.15, 0.2) is 24.3 Å². The highest BCUT2D eigenvalue weighted by Crippen LogP contribution is 2.21. The number of methoxy groups -OCH3 is 1. The Morgan fingerprint density at radius 1 is 1.44 bits per heavy atom. The SMILES string of the molecule is COc1ccc(NC(=O)C2CCC(CN)O2)cc1. The fraction of sp³-hybridized carbons (Fsp3) is 0.462. The summed E-state index contributed by atoms with van der Waals surface area (Å²) in [6, 6.07) is 7.19. The van der Waals surface area contributed by atoms with Gasteiger partial charge in [0.25, 0.3) is 5.91 Å². The van der Waals surface area contributed by atoms with Crippen molar-refractivity contribution in [2.24, 2.45) is 5.73 Å². The van der Waals surface area contributed by atoms with Gasteiger partial charge in [-0.2, -0.15) is 0 Å². The van der Waals surface area contributed by atoms with Crippen LogP contribution in [0, 0.1) is 0 Å². The average molecular weight is 250 g/mol. The molecule has 2 rings (SSSR count). The molecule has 5 nitrogen and oxygen atoms in total. The molecule has 5 heteroatoms. The third kappa shape index (κ3) is 3.00. The zero-order chi connectivity index (χ0) is 13.0. The van der Waals surface area contributed by atoms with E-state index >= 15 is 0 Å². The van der Waals surface area contributed by atoms with Crippen molar-refractivity contribution in [1.29, 1.82) is 0 Å². The molecule has 1 aromatic carbocycles. The lowest BCUT2D eigenvalue weighted by Gasteiger charge is -2.12. The molecule has 2 unspecified atom stereocenters. The molecule has 1 aromatic rings. The topological polar surface area (TPSA) is 73.6 Å². The van der Waals surface area contributed by atoms with Crippen molar-refractivity contribution in [2.45, 2.75) is 25.0 Å². The molecule has 0 aromatic heterocycles. The van der Waals surface area contributed by atoms with Gasteiger partial charge in [-0.25, -0.2) is 0 Å². The van der Waals surface area contributed by atoms with Crippen LogP contribution >= 0.6 is 0 Å². The van der Waals surface area contributed by atoms with E-state index < -0.39 is 0 Å². The van der Waals surface area contributed by atoms with Crippen molar-refractivity contribution in [2.75, 3.05) is 19.0 Å². The Morgan fingerprint density at radius 3 is 2.72 bits per heavy atom. The number of carbonyl (C=O) groups excluding carboxylic acids is 1. The molecule has 0 radical (unpaired) electrons. The predicted octanol–water partition coefficient (Wildman–Crippen LogP) is 1.14. The zero-order valence-electron chi connectivity index (χ0n) is 10.4. The van der Waals surface area contributed by atoms with Crippen LogP contribution in [0.25, 0.3) is 0 Å². The molecule has 1 amide bonds. The van der Waals surface area contributed by atoms with Crippen LogP contribution in [-0.4, -0.2) is 31.8 Å². The van der Waals surface area contributed by atoms with Gasteiger partial charge in [-0.3, -0.25) is 4.79 Å². The molecular weight excluding hydrogens is 232 g/mol. The van der Waals surface area contributed by atoms with E-state index in [1.54, 1.807) is 31.4 Å². The van der Waals surface area contributed by atoms with Gasteiger partial charge in [-0.15, -0.1) is 0 Å². The summed E-state index contributed by atoms with van der Waals surface area (Å²) in [5.41, 5.74) is 6.25. The minimum absolute atomic E-state index is 0.0108. The third-order valence-electron chi connectivity index (χ3n) is 3.02. The Bertz CT molecular complexity index is 405. The molecule has 1 saturated heterocycles. The summed E-state index contributed by atoms with van der Waals surface area (Å²) in [7, 11) is 1.60. The van der Waals surface area contributed by atoms with Gasteiger partial charge in [0.05, 0.1) is 13.2 Å². The van der Waals surface area contributed by atoms with Crippen LogP contribution in [-0.2, 0) is 9.53 Å². The van der Waals surface area contributed by atoms with E-state index in [4.69, 9.17) is 15.2 Å². The minimum atomic E-state index is -0.388. The first-order valence-electron chi connectivity index (χ1n) is 6.03. The van der Waals surface area contributed by atoms with Crippen LogP contribution in [0.2, 0.25) is 0 Å². The maximum Gasteiger partial charge on any atom is 0.253 e. The van der Waals surface area contributed by atoms with Gasteiger partial charge in [0.2, 0.25) is 0 Å². The summed E-state index contributed by atoms with van der Waals surface area (Å²) >= 11 is 0. The van der Waals surface area contributed by atoms with Crippen LogP contribution in [0.3, 0.4) is 0 Å². The highest BCUT2D eigenvalue weighted by molar-refractivity contribution is 5.94. The summed E-state index contributed by atoms with van der Waals surface area (Å²) in [6.45, 7) is 0.465. The Balaban J connectivity index is 1.90. The number of carbonyl (C=O) groups is 1. The van der Waals surface area contributed by atoms with E-state index in [9.17, 15) is 4.79 Å². The van der Waals surface area contributed by atoms with Crippen LogP contribution in [0.5, 0.6) is 5.75 Å². The Hall–Kier alpha value is -1.59. The maximum absolute atomic E-state index is 11.9. The smallest absolute Gasteiger partial charge is 0.253 e. The number of nitrogens with two attached hydrogens (primary N) is 1. The second-order valence-electron chi connectivity index (χ2n) is 4.28. The number of ether oxygens (including phenoxy) is 2. The maximum atomic E-state index is 11.9. The fourth-order valence-corrected chi connectivity index (χ4v) is 1.97. The molecule has 3 N–H and O–H groups in total. The zero-order valence-corrected chi connectivity index (χ0v) is 10.4. The molecule has 1 heterocycles. The number of rotatable bonds is 4. The van der Waals surface area contributed by atoms with Gasteiger partial charge in [0, 0.05) is 12.2 Å². The molecule has 0 bridgehead atoms. The summed E-state index contributed by atoms with van der Waals surface area (Å²) in [5.74, 6) is 0.643. The molecule has 98 valence electrons. The number of hydrogen-bond donors (Lipinski definition) is 2. The van der Waals surface area contributed by atoms with Crippen molar-refractivity contribution >= 4 is 11.6 Å². The third-order valence-corrected chi connectivity index (χ3v) is 3.02. The fourth-order valence-electron chi connectivity index (χ4n) is 1.97. The summed E-state index contributed by atoms with van der Waals surface area (Å²) in [5, 5.41) is 2.82. The highest BCUT2D eigenvalue weighted by atomic mass is 16.5. The molecule has 0 saturated carbocycles. The number of anilines is 1. The van der Waals surface area contributed by atoms with Crippen molar-refractivity contribution < 1.29 is 14.3 Å². The molecule has 2 atom stereocenters. The van der Waals surface area contributed by atoms with E-state index in [1.807, 2.05) is 0 Å². The normalized spacial score (nSPS) is 22.8. The standard InChI is InChI=1S/C13H18N2O3/c1-17-10-4-2-9(3-5-10)15-13(16)12-7-6-11(8-14)18-12/h2-5,11-12H,6-8,14H2,1H3,(H,15,16). The van der Waals surface area contributed by atoms with Crippen LogP contribution in [0.1, 0.15) is 12.8 Å². The molecule has 1 aliphatic heterocycles. The van der Waals surface area contributed by atoms with Gasteiger partial charge >= 0.3 is 0 Å². The summed E-state index contributed by atoms with van der Waals surface area (Å²) in [4.78, 5) is 11.9. The van der Waals surface area contributed by atoms with Crippen LogP contribution in [0.4, 0.5) is 5.69 Å². The first-order valence-corrected chi connectivity index (χ1v) is 6.03. The number of nitrogens with one attached hydrogen (secondary N) is 1. The lowest BCUT2D eigenvalue weighted by Crippen LogP contribution is -2.29. The highest BCUT2D eigenvalue weighted by Gasteiger charge is 2.29. The van der Waals surface area contributed by atoms with Crippen molar-refractivity contribution in [3.8, 4) is 5.75 Å². The summed E-state index contributed by atoms with van der Waals surface area (Å²) in [6.07, 6.45) is 1.19. The van der Waals surface area contributed by atoms with Crippen molar-refractivity contribution in [3.63, 3.8) is 0 Å². The van der Waals surface area contributed by atoms with E-state index in [-0.39, 0.29) is 18.1 Å². The van der Waals surface area contributed by atoms with E-state index in [1.165, 1.54) is 0 Å². The van der Waals surface area contributed by atoms with Gasteiger partial charge in [0.1, 0.15) is 11.9 Å².